The molecule has 0 saturated heterocycles. The molecular formula is C17H22F3NS. The van der Waals surface area contributed by atoms with E-state index in [1.54, 1.807) is 13.8 Å². The Labute approximate surface area is 134 Å². The highest BCUT2D eigenvalue weighted by Crippen LogP contribution is 2.38. The van der Waals surface area contributed by atoms with Crippen LogP contribution >= 0.6 is 11.9 Å². The second-order valence-corrected chi connectivity index (χ2v) is 7.67. The molecule has 5 heteroatoms. The number of rotatable bonds is 5. The van der Waals surface area contributed by atoms with Gasteiger partial charge in [0.2, 0.25) is 0 Å². The van der Waals surface area contributed by atoms with Crippen molar-refractivity contribution in [3.8, 4) is 0 Å². The number of halogens is 3. The fourth-order valence-electron chi connectivity index (χ4n) is 1.72. The smallest absolute Gasteiger partial charge is 0.220 e. The van der Waals surface area contributed by atoms with E-state index in [0.29, 0.717) is 5.71 Å². The average molecular weight is 329 g/mol. The van der Waals surface area contributed by atoms with Crippen LogP contribution in [0.25, 0.3) is 0 Å². The molecule has 0 saturated carbocycles. The van der Waals surface area contributed by atoms with Gasteiger partial charge in [0.15, 0.2) is 0 Å². The van der Waals surface area contributed by atoms with Crippen LogP contribution in [0.15, 0.2) is 34.7 Å². The summed E-state index contributed by atoms with van der Waals surface area (Å²) in [5.74, 6) is -4.32. The maximum absolute atomic E-state index is 14.5. The Kier molecular flexibility index (Phi) is 5.90. The summed E-state index contributed by atoms with van der Waals surface area (Å²) in [5, 5.41) is 0. The predicted octanol–water partition coefficient (Wildman–Crippen LogP) is 6.14. The Morgan fingerprint density at radius 1 is 1.27 bits per heavy atom. The van der Waals surface area contributed by atoms with Crippen LogP contribution in [0.1, 0.15) is 52.2 Å². The molecule has 0 heterocycles. The molecule has 0 amide bonds. The van der Waals surface area contributed by atoms with Crippen LogP contribution in [-0.4, -0.2) is 10.5 Å². The SMILES string of the molecule is C=C(CC)C(F)(F)c1cccc(C(C)=NSC(C)(C)C)c1F. The highest BCUT2D eigenvalue weighted by atomic mass is 32.2. The highest BCUT2D eigenvalue weighted by molar-refractivity contribution is 7.99. The van der Waals surface area contributed by atoms with Gasteiger partial charge in [0.25, 0.3) is 5.92 Å². The van der Waals surface area contributed by atoms with Crippen molar-refractivity contribution in [2.75, 3.05) is 0 Å². The van der Waals surface area contributed by atoms with E-state index in [0.717, 1.165) is 6.07 Å². The van der Waals surface area contributed by atoms with Crippen LogP contribution in [0.4, 0.5) is 13.2 Å². The molecule has 0 atom stereocenters. The third-order valence-corrected chi connectivity index (χ3v) is 3.97. The van der Waals surface area contributed by atoms with Gasteiger partial charge in [0.05, 0.1) is 11.3 Å². The first kappa shape index (κ1) is 18.8. The van der Waals surface area contributed by atoms with Gasteiger partial charge in [-0.15, -0.1) is 0 Å². The molecule has 0 unspecified atom stereocenters. The van der Waals surface area contributed by atoms with Crippen LogP contribution < -0.4 is 0 Å². The highest BCUT2D eigenvalue weighted by Gasteiger charge is 2.37. The topological polar surface area (TPSA) is 12.4 Å². The minimum atomic E-state index is -3.38. The van der Waals surface area contributed by atoms with Gasteiger partial charge in [0, 0.05) is 10.3 Å². The Balaban J connectivity index is 3.27. The monoisotopic (exact) mass is 329 g/mol. The van der Waals surface area contributed by atoms with Crippen molar-refractivity contribution in [1.29, 1.82) is 0 Å². The standard InChI is InChI=1S/C17H22F3NS/c1-7-11(2)17(19,20)14-10-8-9-13(15(14)18)12(3)21-22-16(4,5)6/h8-10H,2,7H2,1,3-6H3. The zero-order chi connectivity index (χ0) is 17.1. The third-order valence-electron chi connectivity index (χ3n) is 3.05. The van der Waals surface area contributed by atoms with Crippen molar-refractivity contribution in [2.24, 2.45) is 4.40 Å². The predicted molar refractivity (Wildman–Crippen MR) is 89.3 cm³/mol. The largest absolute Gasteiger partial charge is 0.297 e. The van der Waals surface area contributed by atoms with Gasteiger partial charge in [-0.05, 0) is 57.7 Å². The Bertz CT molecular complexity index is 586. The molecule has 1 aromatic carbocycles. The fourth-order valence-corrected chi connectivity index (χ4v) is 2.23. The molecule has 0 N–H and O–H groups in total. The molecule has 0 aliphatic heterocycles. The van der Waals surface area contributed by atoms with Crippen LogP contribution in [-0.2, 0) is 5.92 Å². The Morgan fingerprint density at radius 2 is 1.86 bits per heavy atom. The van der Waals surface area contributed by atoms with Crippen molar-refractivity contribution in [3.63, 3.8) is 0 Å². The number of hydrogen-bond acceptors (Lipinski definition) is 2. The van der Waals surface area contributed by atoms with Gasteiger partial charge >= 0.3 is 0 Å². The molecule has 0 aromatic heterocycles. The number of hydrogen-bond donors (Lipinski definition) is 0. The Morgan fingerprint density at radius 3 is 2.36 bits per heavy atom. The zero-order valence-corrected chi connectivity index (χ0v) is 14.5. The molecule has 1 nitrogen and oxygen atoms in total. The molecule has 0 fully saturated rings. The number of nitrogens with zero attached hydrogens (tertiary/aromatic N) is 1. The average Bonchev–Trinajstić information content (AvgIpc) is 2.43. The summed E-state index contributed by atoms with van der Waals surface area (Å²) < 4.78 is 47.1. The van der Waals surface area contributed by atoms with E-state index in [-0.39, 0.29) is 22.3 Å². The van der Waals surface area contributed by atoms with Gasteiger partial charge < -0.3 is 0 Å². The molecule has 122 valence electrons. The van der Waals surface area contributed by atoms with E-state index in [9.17, 15) is 13.2 Å². The van der Waals surface area contributed by atoms with E-state index in [1.165, 1.54) is 24.1 Å². The fraction of sp³-hybridized carbons (Fsp3) is 0.471. The van der Waals surface area contributed by atoms with Crippen LogP contribution in [0, 0.1) is 5.82 Å². The van der Waals surface area contributed by atoms with Gasteiger partial charge in [-0.3, -0.25) is 0 Å². The summed E-state index contributed by atoms with van der Waals surface area (Å²) in [6.45, 7) is 12.5. The molecule has 1 aromatic rings. The van der Waals surface area contributed by atoms with Crippen molar-refractivity contribution in [2.45, 2.75) is 51.7 Å². The molecule has 0 aliphatic rings. The molecule has 0 aliphatic carbocycles. The number of benzene rings is 1. The molecule has 0 spiro atoms. The van der Waals surface area contributed by atoms with Gasteiger partial charge in [-0.2, -0.15) is 8.78 Å². The molecular weight excluding hydrogens is 307 g/mol. The van der Waals surface area contributed by atoms with E-state index in [4.69, 9.17) is 0 Å². The van der Waals surface area contributed by atoms with E-state index in [2.05, 4.69) is 11.0 Å². The normalized spacial score (nSPS) is 13.4. The summed E-state index contributed by atoms with van der Waals surface area (Å²) in [7, 11) is 0. The third kappa shape index (κ3) is 4.38. The summed E-state index contributed by atoms with van der Waals surface area (Å²) in [6.07, 6.45) is 0.0869. The van der Waals surface area contributed by atoms with Crippen LogP contribution in [0.5, 0.6) is 0 Å². The quantitative estimate of drug-likeness (QED) is 0.359. The first-order valence-electron chi connectivity index (χ1n) is 7.09. The Hall–Kier alpha value is -1.23. The van der Waals surface area contributed by atoms with Gasteiger partial charge in [-0.25, -0.2) is 8.79 Å². The van der Waals surface area contributed by atoms with Crippen molar-refractivity contribution in [1.82, 2.24) is 0 Å². The summed E-state index contributed by atoms with van der Waals surface area (Å²) >= 11 is 1.29. The van der Waals surface area contributed by atoms with Crippen LogP contribution in [0.3, 0.4) is 0 Å². The van der Waals surface area contributed by atoms with Crippen molar-refractivity contribution in [3.05, 3.63) is 47.3 Å². The van der Waals surface area contributed by atoms with E-state index in [1.807, 2.05) is 20.8 Å². The number of allylic oxidation sites excluding steroid dienone is 1. The van der Waals surface area contributed by atoms with Crippen molar-refractivity contribution >= 4 is 17.7 Å². The second kappa shape index (κ2) is 6.90. The minimum Gasteiger partial charge on any atom is -0.220 e. The molecule has 1 rings (SSSR count). The minimum absolute atomic E-state index is 0.0869. The van der Waals surface area contributed by atoms with E-state index < -0.39 is 17.3 Å². The molecule has 22 heavy (non-hydrogen) atoms. The summed E-state index contributed by atoms with van der Waals surface area (Å²) in [5.41, 5.74) is -0.468. The lowest BCUT2D eigenvalue weighted by atomic mass is 9.96. The lowest BCUT2D eigenvalue weighted by Gasteiger charge is -2.20. The lowest BCUT2D eigenvalue weighted by Crippen LogP contribution is -2.19. The lowest BCUT2D eigenvalue weighted by molar-refractivity contribution is 0.0315. The maximum Gasteiger partial charge on any atom is 0.297 e. The zero-order valence-electron chi connectivity index (χ0n) is 13.6. The first-order chi connectivity index (χ1) is 10.0. The molecule has 0 radical (unpaired) electrons. The first-order valence-corrected chi connectivity index (χ1v) is 7.86. The van der Waals surface area contributed by atoms with Crippen molar-refractivity contribution < 1.29 is 13.2 Å². The maximum atomic E-state index is 14.5. The van der Waals surface area contributed by atoms with Crippen LogP contribution in [0.2, 0.25) is 0 Å². The molecule has 0 bridgehead atoms. The number of alkyl halides is 2. The van der Waals surface area contributed by atoms with Gasteiger partial charge in [0.1, 0.15) is 5.82 Å². The second-order valence-electron chi connectivity index (χ2n) is 6.08. The van der Waals surface area contributed by atoms with E-state index >= 15 is 0 Å². The summed E-state index contributed by atoms with van der Waals surface area (Å²) in [4.78, 5) is 0. The summed E-state index contributed by atoms with van der Waals surface area (Å²) in [6, 6.07) is 3.99. The van der Waals surface area contributed by atoms with Gasteiger partial charge in [-0.1, -0.05) is 25.6 Å².